The van der Waals surface area contributed by atoms with Crippen LogP contribution in [-0.4, -0.2) is 64.9 Å². The molecule has 0 saturated heterocycles. The molecule has 0 aliphatic carbocycles. The van der Waals surface area contributed by atoms with Crippen LogP contribution in [-0.2, 0) is 14.3 Å². The van der Waals surface area contributed by atoms with Crippen molar-refractivity contribution >= 4 is 35.8 Å². The lowest BCUT2D eigenvalue weighted by Gasteiger charge is -2.16. The SMILES string of the molecule is COC(=O)c1cccc(C(=O)N(N=C(C=O)c2ccccc2)C(=O)c2cccc(C(=O)OC)n2)n1. The van der Waals surface area contributed by atoms with Crippen LogP contribution in [0.2, 0.25) is 0 Å². The molecule has 0 radical (unpaired) electrons. The average molecular weight is 474 g/mol. The molecule has 0 N–H and O–H groups in total. The van der Waals surface area contributed by atoms with Crippen LogP contribution in [0.5, 0.6) is 0 Å². The first-order valence-electron chi connectivity index (χ1n) is 9.98. The van der Waals surface area contributed by atoms with E-state index in [-0.39, 0.29) is 28.5 Å². The number of pyridine rings is 2. The summed E-state index contributed by atoms with van der Waals surface area (Å²) in [6.45, 7) is 0. The van der Waals surface area contributed by atoms with E-state index in [1.54, 1.807) is 30.3 Å². The van der Waals surface area contributed by atoms with Crippen molar-refractivity contribution in [1.29, 1.82) is 0 Å². The van der Waals surface area contributed by atoms with Gasteiger partial charge in [0.15, 0.2) is 6.29 Å². The van der Waals surface area contributed by atoms with E-state index in [1.807, 2.05) is 0 Å². The highest BCUT2D eigenvalue weighted by molar-refractivity contribution is 6.36. The summed E-state index contributed by atoms with van der Waals surface area (Å²) in [5, 5.41) is 4.37. The number of rotatable bonds is 7. The number of hydrazone groups is 1. The van der Waals surface area contributed by atoms with Gasteiger partial charge in [0.25, 0.3) is 11.8 Å². The van der Waals surface area contributed by atoms with E-state index in [4.69, 9.17) is 0 Å². The Kier molecular flexibility index (Phi) is 7.86. The van der Waals surface area contributed by atoms with E-state index in [1.165, 1.54) is 36.4 Å². The van der Waals surface area contributed by atoms with Gasteiger partial charge in [-0.15, -0.1) is 0 Å². The standard InChI is InChI=1S/C24H18N4O7/c1-34-23(32)18-12-6-10-16(25-18)21(30)28(27-20(14-29)15-8-4-3-5-9-15)22(31)17-11-7-13-19(26-17)24(33)35-2/h3-14H,1-2H3. The lowest BCUT2D eigenvalue weighted by Crippen LogP contribution is -2.35. The summed E-state index contributed by atoms with van der Waals surface area (Å²) < 4.78 is 9.23. The molecule has 3 rings (SSSR count). The van der Waals surface area contributed by atoms with Crippen molar-refractivity contribution in [3.63, 3.8) is 0 Å². The van der Waals surface area contributed by atoms with Gasteiger partial charge in [0, 0.05) is 5.56 Å². The number of ether oxygens (including phenoxy) is 2. The fourth-order valence-corrected chi connectivity index (χ4v) is 2.81. The topological polar surface area (TPSA) is 145 Å². The third kappa shape index (κ3) is 5.66. The molecule has 0 fully saturated rings. The van der Waals surface area contributed by atoms with Gasteiger partial charge in [0.05, 0.1) is 14.2 Å². The highest BCUT2D eigenvalue weighted by Gasteiger charge is 2.28. The molecule has 0 atom stereocenters. The first-order valence-corrected chi connectivity index (χ1v) is 9.98. The van der Waals surface area contributed by atoms with E-state index < -0.39 is 23.8 Å². The molecule has 3 aromatic rings. The van der Waals surface area contributed by atoms with Crippen molar-refractivity contribution in [2.75, 3.05) is 14.2 Å². The number of aldehydes is 1. The van der Waals surface area contributed by atoms with Crippen LogP contribution in [0.3, 0.4) is 0 Å². The quantitative estimate of drug-likeness (QED) is 0.165. The van der Waals surface area contributed by atoms with Crippen molar-refractivity contribution in [3.05, 3.63) is 95.1 Å². The minimum Gasteiger partial charge on any atom is -0.464 e. The predicted octanol–water partition coefficient (Wildman–Crippen LogP) is 1.94. The molecule has 0 aliphatic heterocycles. The number of aromatic nitrogens is 2. The number of nitrogens with zero attached hydrogens (tertiary/aromatic N) is 4. The number of carbonyl (C=O) groups excluding carboxylic acids is 5. The normalized spacial score (nSPS) is 10.7. The van der Waals surface area contributed by atoms with Crippen molar-refractivity contribution < 1.29 is 33.4 Å². The average Bonchev–Trinajstić information content (AvgIpc) is 2.92. The zero-order valence-corrected chi connectivity index (χ0v) is 18.6. The molecular weight excluding hydrogens is 456 g/mol. The molecule has 0 bridgehead atoms. The third-order valence-electron chi connectivity index (χ3n) is 4.50. The summed E-state index contributed by atoms with van der Waals surface area (Å²) in [4.78, 5) is 70.0. The van der Waals surface area contributed by atoms with Gasteiger partial charge in [0.2, 0.25) is 0 Å². The number of imide groups is 1. The zero-order valence-electron chi connectivity index (χ0n) is 18.6. The molecule has 11 heteroatoms. The summed E-state index contributed by atoms with van der Waals surface area (Å²) in [5.74, 6) is -3.71. The Bertz CT molecular complexity index is 1250. The van der Waals surface area contributed by atoms with Crippen molar-refractivity contribution in [2.24, 2.45) is 5.10 Å². The predicted molar refractivity (Wildman–Crippen MR) is 121 cm³/mol. The summed E-state index contributed by atoms with van der Waals surface area (Å²) in [5.41, 5.74) is -0.917. The van der Waals surface area contributed by atoms with Crippen LogP contribution in [0, 0.1) is 0 Å². The molecule has 0 unspecified atom stereocenters. The minimum atomic E-state index is -1.05. The van der Waals surface area contributed by atoms with Gasteiger partial charge >= 0.3 is 11.9 Å². The van der Waals surface area contributed by atoms with E-state index in [2.05, 4.69) is 24.5 Å². The number of amides is 2. The first kappa shape index (κ1) is 24.6. The largest absolute Gasteiger partial charge is 0.464 e. The Labute approximate surface area is 199 Å². The molecular formula is C24H18N4O7. The summed E-state index contributed by atoms with van der Waals surface area (Å²) >= 11 is 0. The van der Waals surface area contributed by atoms with Gasteiger partial charge in [-0.3, -0.25) is 14.4 Å². The van der Waals surface area contributed by atoms with Crippen molar-refractivity contribution in [3.8, 4) is 0 Å². The molecule has 2 heterocycles. The van der Waals surface area contributed by atoms with Gasteiger partial charge < -0.3 is 9.47 Å². The molecule has 0 spiro atoms. The van der Waals surface area contributed by atoms with Crippen LogP contribution in [0.25, 0.3) is 0 Å². The fraction of sp³-hybridized carbons (Fsp3) is 0.0833. The number of carbonyl (C=O) groups is 5. The van der Waals surface area contributed by atoms with Crippen molar-refractivity contribution in [2.45, 2.75) is 0 Å². The molecule has 1 aromatic carbocycles. The Morgan fingerprint density at radius 3 is 1.60 bits per heavy atom. The maximum atomic E-state index is 13.3. The van der Waals surface area contributed by atoms with Gasteiger partial charge in [-0.05, 0) is 24.3 Å². The number of methoxy groups -OCH3 is 2. The zero-order chi connectivity index (χ0) is 25.4. The molecule has 176 valence electrons. The summed E-state index contributed by atoms with van der Waals surface area (Å²) in [6.07, 6.45) is 0.374. The Balaban J connectivity index is 2.12. The van der Waals surface area contributed by atoms with Crippen LogP contribution in [0.1, 0.15) is 47.5 Å². The Morgan fingerprint density at radius 1 is 0.714 bits per heavy atom. The molecule has 2 aromatic heterocycles. The molecule has 11 nitrogen and oxygen atoms in total. The highest BCUT2D eigenvalue weighted by Crippen LogP contribution is 2.13. The first-order chi connectivity index (χ1) is 16.9. The summed E-state index contributed by atoms with van der Waals surface area (Å²) in [6, 6.07) is 16.0. The third-order valence-corrected chi connectivity index (χ3v) is 4.50. The van der Waals surface area contributed by atoms with Crippen LogP contribution in [0.15, 0.2) is 71.8 Å². The van der Waals surface area contributed by atoms with Gasteiger partial charge in [-0.2, -0.15) is 10.1 Å². The van der Waals surface area contributed by atoms with E-state index in [0.717, 1.165) is 14.2 Å². The maximum Gasteiger partial charge on any atom is 0.356 e. The molecule has 35 heavy (non-hydrogen) atoms. The van der Waals surface area contributed by atoms with Crippen LogP contribution in [0.4, 0.5) is 0 Å². The van der Waals surface area contributed by atoms with E-state index in [9.17, 15) is 24.0 Å². The maximum absolute atomic E-state index is 13.3. The molecule has 0 saturated carbocycles. The molecule has 2 amide bonds. The number of esters is 2. The number of hydrogen-bond donors (Lipinski definition) is 0. The number of benzene rings is 1. The summed E-state index contributed by atoms with van der Waals surface area (Å²) in [7, 11) is 2.30. The lowest BCUT2D eigenvalue weighted by molar-refractivity contribution is -0.102. The van der Waals surface area contributed by atoms with E-state index >= 15 is 0 Å². The van der Waals surface area contributed by atoms with Crippen LogP contribution < -0.4 is 0 Å². The highest BCUT2D eigenvalue weighted by atomic mass is 16.5. The second-order valence-electron chi connectivity index (χ2n) is 6.69. The second kappa shape index (κ2) is 11.2. The van der Waals surface area contributed by atoms with Gasteiger partial charge in [-0.25, -0.2) is 19.6 Å². The lowest BCUT2D eigenvalue weighted by atomic mass is 10.1. The van der Waals surface area contributed by atoms with Crippen molar-refractivity contribution in [1.82, 2.24) is 15.0 Å². The van der Waals surface area contributed by atoms with Gasteiger partial charge in [-0.1, -0.05) is 42.5 Å². The second-order valence-corrected chi connectivity index (χ2v) is 6.69. The monoisotopic (exact) mass is 474 g/mol. The minimum absolute atomic E-state index is 0.181. The smallest absolute Gasteiger partial charge is 0.356 e. The fourth-order valence-electron chi connectivity index (χ4n) is 2.81. The Hall–Kier alpha value is -5.06. The molecule has 0 aliphatic rings. The van der Waals surface area contributed by atoms with E-state index in [0.29, 0.717) is 16.9 Å². The van der Waals surface area contributed by atoms with Gasteiger partial charge in [0.1, 0.15) is 28.5 Å². The Morgan fingerprint density at radius 2 is 1.17 bits per heavy atom. The van der Waals surface area contributed by atoms with Crippen LogP contribution >= 0.6 is 0 Å². The number of hydrogen-bond acceptors (Lipinski definition) is 10.